The second-order valence-corrected chi connectivity index (χ2v) is 5.69. The van der Waals surface area contributed by atoms with Gasteiger partial charge < -0.3 is 10.8 Å². The standard InChI is InChI=1S/C16H17Cl2NO/c1-10-2-3-12(8-15(10)18)16(20)14(9-19)11-4-6-13(17)7-5-11/h2-8,14,16,20H,9,19H2,1H3. The first-order valence-corrected chi connectivity index (χ1v) is 7.18. The van der Waals surface area contributed by atoms with Crippen molar-refractivity contribution in [1.82, 2.24) is 0 Å². The molecule has 0 amide bonds. The summed E-state index contributed by atoms with van der Waals surface area (Å²) in [6.45, 7) is 2.27. The van der Waals surface area contributed by atoms with Gasteiger partial charge >= 0.3 is 0 Å². The summed E-state index contributed by atoms with van der Waals surface area (Å²) >= 11 is 12.0. The van der Waals surface area contributed by atoms with E-state index in [2.05, 4.69) is 0 Å². The minimum Gasteiger partial charge on any atom is -0.388 e. The summed E-state index contributed by atoms with van der Waals surface area (Å²) in [5.41, 5.74) is 8.54. The first-order valence-electron chi connectivity index (χ1n) is 6.42. The van der Waals surface area contributed by atoms with Crippen LogP contribution >= 0.6 is 23.2 Å². The molecule has 2 rings (SSSR count). The van der Waals surface area contributed by atoms with E-state index in [-0.39, 0.29) is 5.92 Å². The predicted octanol–water partition coefficient (Wildman–Crippen LogP) is 4.08. The van der Waals surface area contributed by atoms with E-state index < -0.39 is 6.10 Å². The summed E-state index contributed by atoms with van der Waals surface area (Å²) in [5.74, 6) is -0.189. The Morgan fingerprint density at radius 2 is 1.65 bits per heavy atom. The Balaban J connectivity index is 2.30. The van der Waals surface area contributed by atoms with Crippen LogP contribution in [0.25, 0.3) is 0 Å². The summed E-state index contributed by atoms with van der Waals surface area (Å²) in [4.78, 5) is 0. The van der Waals surface area contributed by atoms with E-state index >= 15 is 0 Å². The minimum atomic E-state index is -0.695. The van der Waals surface area contributed by atoms with Gasteiger partial charge in [0, 0.05) is 22.5 Å². The Labute approximate surface area is 129 Å². The van der Waals surface area contributed by atoms with Crippen LogP contribution in [0, 0.1) is 6.92 Å². The highest BCUT2D eigenvalue weighted by molar-refractivity contribution is 6.31. The van der Waals surface area contributed by atoms with E-state index in [1.165, 1.54) is 0 Å². The lowest BCUT2D eigenvalue weighted by Crippen LogP contribution is -2.20. The maximum Gasteiger partial charge on any atom is 0.0871 e. The van der Waals surface area contributed by atoms with Gasteiger partial charge in [0.25, 0.3) is 0 Å². The molecule has 0 aliphatic rings. The summed E-state index contributed by atoms with van der Waals surface area (Å²) in [6.07, 6.45) is -0.695. The lowest BCUT2D eigenvalue weighted by atomic mass is 9.89. The van der Waals surface area contributed by atoms with Crippen molar-refractivity contribution in [3.63, 3.8) is 0 Å². The molecule has 106 valence electrons. The number of hydrogen-bond acceptors (Lipinski definition) is 2. The molecule has 2 aromatic carbocycles. The van der Waals surface area contributed by atoms with E-state index in [0.717, 1.165) is 16.7 Å². The van der Waals surface area contributed by atoms with Crippen LogP contribution in [0.2, 0.25) is 10.0 Å². The molecule has 20 heavy (non-hydrogen) atoms. The Bertz CT molecular complexity index is 584. The summed E-state index contributed by atoms with van der Waals surface area (Å²) < 4.78 is 0. The zero-order valence-corrected chi connectivity index (χ0v) is 12.7. The minimum absolute atomic E-state index is 0.189. The molecule has 0 aromatic heterocycles. The molecular formula is C16H17Cl2NO. The summed E-state index contributed by atoms with van der Waals surface area (Å²) in [7, 11) is 0. The quantitative estimate of drug-likeness (QED) is 0.894. The van der Waals surface area contributed by atoms with Crippen molar-refractivity contribution in [2.24, 2.45) is 5.73 Å². The van der Waals surface area contributed by atoms with Crippen molar-refractivity contribution >= 4 is 23.2 Å². The van der Waals surface area contributed by atoms with Crippen LogP contribution in [0.15, 0.2) is 42.5 Å². The van der Waals surface area contributed by atoms with Crippen molar-refractivity contribution in [3.05, 3.63) is 69.2 Å². The highest BCUT2D eigenvalue weighted by atomic mass is 35.5. The molecule has 0 spiro atoms. The number of hydrogen-bond donors (Lipinski definition) is 2. The molecule has 4 heteroatoms. The molecule has 2 aromatic rings. The van der Waals surface area contributed by atoms with Crippen LogP contribution < -0.4 is 5.73 Å². The number of rotatable bonds is 4. The zero-order valence-electron chi connectivity index (χ0n) is 11.2. The van der Waals surface area contributed by atoms with E-state index in [9.17, 15) is 5.11 Å². The van der Waals surface area contributed by atoms with Gasteiger partial charge in [-0.1, -0.05) is 47.5 Å². The Kier molecular flexibility index (Phi) is 5.06. The van der Waals surface area contributed by atoms with Crippen molar-refractivity contribution in [2.75, 3.05) is 6.54 Å². The fourth-order valence-corrected chi connectivity index (χ4v) is 2.50. The Morgan fingerprint density at radius 3 is 2.20 bits per heavy atom. The number of nitrogens with two attached hydrogens (primary N) is 1. The van der Waals surface area contributed by atoms with Crippen molar-refractivity contribution in [1.29, 1.82) is 0 Å². The molecule has 0 heterocycles. The molecule has 2 nitrogen and oxygen atoms in total. The van der Waals surface area contributed by atoms with Gasteiger partial charge in [-0.15, -0.1) is 0 Å². The van der Waals surface area contributed by atoms with Gasteiger partial charge in [0.15, 0.2) is 0 Å². The van der Waals surface area contributed by atoms with Crippen LogP contribution in [-0.4, -0.2) is 11.7 Å². The van der Waals surface area contributed by atoms with Gasteiger partial charge in [0.1, 0.15) is 0 Å². The van der Waals surface area contributed by atoms with E-state index in [1.54, 1.807) is 18.2 Å². The van der Waals surface area contributed by atoms with Gasteiger partial charge in [0.2, 0.25) is 0 Å². The SMILES string of the molecule is Cc1ccc(C(O)C(CN)c2ccc(Cl)cc2)cc1Cl. The van der Waals surface area contributed by atoms with Crippen LogP contribution in [-0.2, 0) is 0 Å². The fourth-order valence-electron chi connectivity index (χ4n) is 2.18. The van der Waals surface area contributed by atoms with Crippen LogP contribution in [0.1, 0.15) is 28.7 Å². The lowest BCUT2D eigenvalue weighted by Gasteiger charge is -2.23. The second kappa shape index (κ2) is 6.59. The smallest absolute Gasteiger partial charge is 0.0871 e. The Hall–Kier alpha value is -1.06. The molecule has 0 fully saturated rings. The average molecular weight is 310 g/mol. The van der Waals surface area contributed by atoms with Crippen molar-refractivity contribution in [3.8, 4) is 0 Å². The average Bonchev–Trinajstić information content (AvgIpc) is 2.44. The van der Waals surface area contributed by atoms with Gasteiger partial charge in [0.05, 0.1) is 6.10 Å². The monoisotopic (exact) mass is 309 g/mol. The van der Waals surface area contributed by atoms with Gasteiger partial charge in [-0.2, -0.15) is 0 Å². The summed E-state index contributed by atoms with van der Waals surface area (Å²) in [6, 6.07) is 12.9. The first kappa shape index (κ1) is 15.3. The van der Waals surface area contributed by atoms with Crippen LogP contribution in [0.3, 0.4) is 0 Å². The van der Waals surface area contributed by atoms with E-state index in [1.807, 2.05) is 31.2 Å². The molecule has 0 bridgehead atoms. The van der Waals surface area contributed by atoms with E-state index in [0.29, 0.717) is 16.6 Å². The number of benzene rings is 2. The fraction of sp³-hybridized carbons (Fsp3) is 0.250. The number of aryl methyl sites for hydroxylation is 1. The Morgan fingerprint density at radius 1 is 1.05 bits per heavy atom. The number of halogens is 2. The summed E-state index contributed by atoms with van der Waals surface area (Å²) in [5, 5.41) is 11.9. The molecule has 2 atom stereocenters. The molecular weight excluding hydrogens is 293 g/mol. The lowest BCUT2D eigenvalue weighted by molar-refractivity contribution is 0.147. The molecule has 0 aliphatic carbocycles. The van der Waals surface area contributed by atoms with Crippen molar-refractivity contribution in [2.45, 2.75) is 18.9 Å². The predicted molar refractivity (Wildman–Crippen MR) is 84.4 cm³/mol. The highest BCUT2D eigenvalue weighted by Crippen LogP contribution is 2.32. The third-order valence-electron chi connectivity index (χ3n) is 3.47. The molecule has 0 saturated carbocycles. The maximum absolute atomic E-state index is 10.5. The van der Waals surface area contributed by atoms with Crippen molar-refractivity contribution < 1.29 is 5.11 Å². The largest absolute Gasteiger partial charge is 0.388 e. The van der Waals surface area contributed by atoms with E-state index in [4.69, 9.17) is 28.9 Å². The van der Waals surface area contributed by atoms with Gasteiger partial charge in [-0.3, -0.25) is 0 Å². The number of aliphatic hydroxyl groups excluding tert-OH is 1. The normalized spacial score (nSPS) is 14.1. The molecule has 0 radical (unpaired) electrons. The number of aliphatic hydroxyl groups is 1. The molecule has 0 saturated heterocycles. The third kappa shape index (κ3) is 3.33. The third-order valence-corrected chi connectivity index (χ3v) is 4.13. The molecule has 2 unspecified atom stereocenters. The highest BCUT2D eigenvalue weighted by Gasteiger charge is 2.21. The van der Waals surface area contributed by atoms with Crippen LogP contribution in [0.5, 0.6) is 0 Å². The molecule has 0 aliphatic heterocycles. The zero-order chi connectivity index (χ0) is 14.7. The van der Waals surface area contributed by atoms with Gasteiger partial charge in [-0.25, -0.2) is 0 Å². The molecule has 3 N–H and O–H groups in total. The van der Waals surface area contributed by atoms with Crippen LogP contribution in [0.4, 0.5) is 0 Å². The van der Waals surface area contributed by atoms with Gasteiger partial charge in [-0.05, 0) is 41.8 Å². The second-order valence-electron chi connectivity index (χ2n) is 4.85. The maximum atomic E-state index is 10.5. The topological polar surface area (TPSA) is 46.2 Å². The first-order chi connectivity index (χ1) is 9.52.